The van der Waals surface area contributed by atoms with E-state index in [0.29, 0.717) is 15.6 Å². The van der Waals surface area contributed by atoms with E-state index in [1.54, 1.807) is 6.07 Å². The Morgan fingerprint density at radius 2 is 1.83 bits per heavy atom. The highest BCUT2D eigenvalue weighted by Gasteiger charge is 2.08. The number of rotatable bonds is 1. The summed E-state index contributed by atoms with van der Waals surface area (Å²) >= 11 is 11.6. The first-order valence-corrected chi connectivity index (χ1v) is 4.24. The molecular formula is C9H8Cl2O. The summed E-state index contributed by atoms with van der Waals surface area (Å²) in [5.74, 6) is 0. The molecule has 64 valence electrons. The van der Waals surface area contributed by atoms with Gasteiger partial charge < -0.3 is 0 Å². The molecule has 0 fully saturated rings. The van der Waals surface area contributed by atoms with Gasteiger partial charge in [-0.1, -0.05) is 23.2 Å². The van der Waals surface area contributed by atoms with Crippen LogP contribution in [0.2, 0.25) is 10.0 Å². The van der Waals surface area contributed by atoms with Crippen LogP contribution in [0.3, 0.4) is 0 Å². The van der Waals surface area contributed by atoms with Gasteiger partial charge in [-0.3, -0.25) is 4.79 Å². The molecule has 0 spiro atoms. The van der Waals surface area contributed by atoms with Gasteiger partial charge in [0.1, 0.15) is 6.29 Å². The maximum Gasteiger partial charge on any atom is 0.150 e. The van der Waals surface area contributed by atoms with Gasteiger partial charge in [0.25, 0.3) is 0 Å². The summed E-state index contributed by atoms with van der Waals surface area (Å²) in [6.45, 7) is 3.69. The zero-order chi connectivity index (χ0) is 9.30. The summed E-state index contributed by atoms with van der Waals surface area (Å²) in [6, 6.07) is 1.58. The summed E-state index contributed by atoms with van der Waals surface area (Å²) < 4.78 is 0. The second-order valence-corrected chi connectivity index (χ2v) is 3.41. The Bertz CT molecular complexity index is 332. The third-order valence-corrected chi connectivity index (χ3v) is 2.83. The van der Waals surface area contributed by atoms with Gasteiger partial charge in [-0.25, -0.2) is 0 Å². The van der Waals surface area contributed by atoms with E-state index in [-0.39, 0.29) is 0 Å². The molecule has 0 aliphatic rings. The van der Waals surface area contributed by atoms with E-state index in [9.17, 15) is 4.79 Å². The van der Waals surface area contributed by atoms with Crippen LogP contribution in [0.4, 0.5) is 0 Å². The standard InChI is InChI=1S/C9H8Cl2O/c1-5-6(2)9(11)8(10)3-7(5)4-12/h3-4H,1-2H3. The summed E-state index contributed by atoms with van der Waals surface area (Å²) in [7, 11) is 0. The number of benzene rings is 1. The number of hydrogen-bond donors (Lipinski definition) is 0. The van der Waals surface area contributed by atoms with E-state index in [1.165, 1.54) is 0 Å². The van der Waals surface area contributed by atoms with Crippen LogP contribution in [0.1, 0.15) is 21.5 Å². The minimum atomic E-state index is 0.432. The summed E-state index contributed by atoms with van der Waals surface area (Å²) in [5, 5.41) is 0.960. The highest BCUT2D eigenvalue weighted by Crippen LogP contribution is 2.29. The quantitative estimate of drug-likeness (QED) is 0.639. The average molecular weight is 203 g/mol. The lowest BCUT2D eigenvalue weighted by Crippen LogP contribution is -1.91. The van der Waals surface area contributed by atoms with Gasteiger partial charge in [0.2, 0.25) is 0 Å². The molecule has 0 amide bonds. The second-order valence-electron chi connectivity index (χ2n) is 2.63. The molecule has 12 heavy (non-hydrogen) atoms. The smallest absolute Gasteiger partial charge is 0.150 e. The lowest BCUT2D eigenvalue weighted by Gasteiger charge is -2.06. The molecule has 1 nitrogen and oxygen atoms in total. The van der Waals surface area contributed by atoms with E-state index in [1.807, 2.05) is 13.8 Å². The largest absolute Gasteiger partial charge is 0.298 e. The van der Waals surface area contributed by atoms with Crippen molar-refractivity contribution in [1.82, 2.24) is 0 Å². The zero-order valence-corrected chi connectivity index (χ0v) is 8.33. The predicted octanol–water partition coefficient (Wildman–Crippen LogP) is 3.42. The molecule has 0 aliphatic carbocycles. The minimum absolute atomic E-state index is 0.432. The van der Waals surface area contributed by atoms with Crippen LogP contribution in [0.25, 0.3) is 0 Å². The number of aldehydes is 1. The van der Waals surface area contributed by atoms with Crippen molar-refractivity contribution in [3.63, 3.8) is 0 Å². The third-order valence-electron chi connectivity index (χ3n) is 1.94. The highest BCUT2D eigenvalue weighted by atomic mass is 35.5. The van der Waals surface area contributed by atoms with Gasteiger partial charge >= 0.3 is 0 Å². The molecule has 0 heterocycles. The first-order valence-electron chi connectivity index (χ1n) is 3.48. The van der Waals surface area contributed by atoms with Gasteiger partial charge in [0, 0.05) is 5.56 Å². The average Bonchev–Trinajstić information content (AvgIpc) is 2.08. The Kier molecular flexibility index (Phi) is 2.76. The third kappa shape index (κ3) is 1.47. The normalized spacial score (nSPS) is 10.0. The lowest BCUT2D eigenvalue weighted by molar-refractivity contribution is 0.112. The van der Waals surface area contributed by atoms with Crippen LogP contribution in [0, 0.1) is 13.8 Å². The molecule has 0 aromatic heterocycles. The van der Waals surface area contributed by atoms with Crippen molar-refractivity contribution in [2.45, 2.75) is 13.8 Å². The molecule has 0 saturated carbocycles. The first-order chi connectivity index (χ1) is 5.57. The molecule has 1 aromatic carbocycles. The topological polar surface area (TPSA) is 17.1 Å². The number of carbonyl (C=O) groups is 1. The number of carbonyl (C=O) groups excluding carboxylic acids is 1. The fourth-order valence-electron chi connectivity index (χ4n) is 0.991. The first kappa shape index (κ1) is 9.56. The molecule has 0 N–H and O–H groups in total. The van der Waals surface area contributed by atoms with Crippen molar-refractivity contribution < 1.29 is 4.79 Å². The molecule has 3 heteroatoms. The monoisotopic (exact) mass is 202 g/mol. The molecule has 0 unspecified atom stereocenters. The van der Waals surface area contributed by atoms with Crippen molar-refractivity contribution in [3.8, 4) is 0 Å². The Labute approximate surface area is 81.3 Å². The van der Waals surface area contributed by atoms with Crippen molar-refractivity contribution in [1.29, 1.82) is 0 Å². The van der Waals surface area contributed by atoms with Crippen LogP contribution in [-0.4, -0.2) is 6.29 Å². The van der Waals surface area contributed by atoms with Gasteiger partial charge in [-0.15, -0.1) is 0 Å². The van der Waals surface area contributed by atoms with Crippen molar-refractivity contribution in [3.05, 3.63) is 32.8 Å². The van der Waals surface area contributed by atoms with Crippen LogP contribution in [0.5, 0.6) is 0 Å². The van der Waals surface area contributed by atoms with Crippen molar-refractivity contribution in [2.24, 2.45) is 0 Å². The molecular weight excluding hydrogens is 195 g/mol. The molecule has 0 saturated heterocycles. The number of hydrogen-bond acceptors (Lipinski definition) is 1. The summed E-state index contributed by atoms with van der Waals surface area (Å²) in [5.41, 5.74) is 2.35. The van der Waals surface area contributed by atoms with E-state index < -0.39 is 0 Å². The van der Waals surface area contributed by atoms with E-state index in [2.05, 4.69) is 0 Å². The maximum absolute atomic E-state index is 10.5. The molecule has 0 aliphatic heterocycles. The lowest BCUT2D eigenvalue weighted by atomic mass is 10.0. The predicted molar refractivity (Wildman–Crippen MR) is 51.3 cm³/mol. The Balaban J connectivity index is 3.49. The van der Waals surface area contributed by atoms with Gasteiger partial charge in [0.15, 0.2) is 0 Å². The zero-order valence-electron chi connectivity index (χ0n) is 6.82. The summed E-state index contributed by atoms with van der Waals surface area (Å²) in [6.07, 6.45) is 0.782. The molecule has 1 rings (SSSR count). The fourth-order valence-corrected chi connectivity index (χ4v) is 1.45. The fraction of sp³-hybridized carbons (Fsp3) is 0.222. The van der Waals surface area contributed by atoms with E-state index >= 15 is 0 Å². The van der Waals surface area contributed by atoms with Crippen molar-refractivity contribution >= 4 is 29.5 Å². The van der Waals surface area contributed by atoms with Crippen LogP contribution in [-0.2, 0) is 0 Å². The summed E-state index contributed by atoms with van der Waals surface area (Å²) in [4.78, 5) is 10.5. The molecule has 0 bridgehead atoms. The SMILES string of the molecule is Cc1c(C=O)cc(Cl)c(Cl)c1C. The minimum Gasteiger partial charge on any atom is -0.298 e. The van der Waals surface area contributed by atoms with Crippen LogP contribution >= 0.6 is 23.2 Å². The van der Waals surface area contributed by atoms with Gasteiger partial charge in [0.05, 0.1) is 10.0 Å². The van der Waals surface area contributed by atoms with Crippen LogP contribution in [0.15, 0.2) is 6.07 Å². The molecule has 0 radical (unpaired) electrons. The molecule has 1 aromatic rings. The Morgan fingerprint density at radius 1 is 1.25 bits per heavy atom. The maximum atomic E-state index is 10.5. The molecule has 0 atom stereocenters. The van der Waals surface area contributed by atoms with Gasteiger partial charge in [-0.05, 0) is 31.0 Å². The van der Waals surface area contributed by atoms with E-state index in [0.717, 1.165) is 17.4 Å². The van der Waals surface area contributed by atoms with Crippen molar-refractivity contribution in [2.75, 3.05) is 0 Å². The Hall–Kier alpha value is -0.530. The Morgan fingerprint density at radius 3 is 2.33 bits per heavy atom. The second kappa shape index (κ2) is 3.46. The van der Waals surface area contributed by atoms with E-state index in [4.69, 9.17) is 23.2 Å². The van der Waals surface area contributed by atoms with Crippen LogP contribution < -0.4 is 0 Å². The van der Waals surface area contributed by atoms with Gasteiger partial charge in [-0.2, -0.15) is 0 Å². The number of halogens is 2. The highest BCUT2D eigenvalue weighted by molar-refractivity contribution is 6.42.